The van der Waals surface area contributed by atoms with Crippen LogP contribution in [-0.2, 0) is 0 Å². The first-order valence-electron chi connectivity index (χ1n) is 4.37. The summed E-state index contributed by atoms with van der Waals surface area (Å²) in [6, 6.07) is 3.04. The summed E-state index contributed by atoms with van der Waals surface area (Å²) in [6.07, 6.45) is 1.45. The monoisotopic (exact) mass is 272 g/mol. The van der Waals surface area contributed by atoms with Gasteiger partial charge in [-0.1, -0.05) is 28.3 Å². The van der Waals surface area contributed by atoms with Crippen molar-refractivity contribution in [2.45, 2.75) is 0 Å². The maximum absolute atomic E-state index is 9.35. The Bertz CT molecular complexity index is 518. The van der Waals surface area contributed by atoms with Crippen molar-refractivity contribution >= 4 is 35.4 Å². The lowest BCUT2D eigenvalue weighted by Gasteiger charge is -2.01. The molecule has 3 N–H and O–H groups in total. The van der Waals surface area contributed by atoms with E-state index in [0.29, 0.717) is 5.56 Å². The number of hydrogen-bond donors (Lipinski definition) is 3. The molecule has 0 unspecified atom stereocenters. The molecule has 0 aliphatic carbocycles. The van der Waals surface area contributed by atoms with Gasteiger partial charge in [-0.2, -0.15) is 10.3 Å². The van der Waals surface area contributed by atoms with Gasteiger partial charge < -0.3 is 5.11 Å². The Hall–Kier alpha value is -1.86. The largest absolute Gasteiger partial charge is 0.505 e. The zero-order valence-electron chi connectivity index (χ0n) is 8.22. The van der Waals surface area contributed by atoms with Crippen LogP contribution in [0.2, 0.25) is 10.0 Å². The number of aromatic nitrogens is 4. The van der Waals surface area contributed by atoms with Gasteiger partial charge in [0.2, 0.25) is 0 Å². The summed E-state index contributed by atoms with van der Waals surface area (Å²) in [6.45, 7) is 0. The Morgan fingerprint density at radius 3 is 2.65 bits per heavy atom. The van der Waals surface area contributed by atoms with Crippen molar-refractivity contribution in [3.8, 4) is 5.75 Å². The van der Waals surface area contributed by atoms with Crippen LogP contribution in [0.25, 0.3) is 0 Å². The zero-order chi connectivity index (χ0) is 12.3. The maximum atomic E-state index is 9.35. The predicted molar refractivity (Wildman–Crippen MR) is 63.5 cm³/mol. The number of aromatic amines is 1. The van der Waals surface area contributed by atoms with E-state index in [-0.39, 0.29) is 21.7 Å². The van der Waals surface area contributed by atoms with E-state index in [1.54, 1.807) is 0 Å². The number of rotatable bonds is 3. The summed E-state index contributed by atoms with van der Waals surface area (Å²) >= 11 is 11.5. The molecular weight excluding hydrogens is 267 g/mol. The van der Waals surface area contributed by atoms with E-state index < -0.39 is 0 Å². The second kappa shape index (κ2) is 4.98. The third kappa shape index (κ3) is 2.83. The van der Waals surface area contributed by atoms with Crippen molar-refractivity contribution in [2.75, 3.05) is 5.43 Å². The summed E-state index contributed by atoms with van der Waals surface area (Å²) in [5.41, 5.74) is 3.15. The Kier molecular flexibility index (Phi) is 3.40. The van der Waals surface area contributed by atoms with E-state index in [2.05, 4.69) is 31.2 Å². The summed E-state index contributed by atoms with van der Waals surface area (Å²) in [5.74, 6) is 0.0776. The summed E-state index contributed by atoms with van der Waals surface area (Å²) in [5, 5.41) is 26.4. The number of phenolic OH excluding ortho intramolecular Hbond substituents is 1. The van der Waals surface area contributed by atoms with E-state index in [0.717, 1.165) is 0 Å². The Balaban J connectivity index is 2.11. The molecule has 0 bridgehead atoms. The molecule has 2 rings (SSSR count). The summed E-state index contributed by atoms with van der Waals surface area (Å²) in [4.78, 5) is 0. The quantitative estimate of drug-likeness (QED) is 0.583. The van der Waals surface area contributed by atoms with Crippen molar-refractivity contribution in [1.82, 2.24) is 20.6 Å². The van der Waals surface area contributed by atoms with Crippen LogP contribution in [0.3, 0.4) is 0 Å². The summed E-state index contributed by atoms with van der Waals surface area (Å²) in [7, 11) is 0. The maximum Gasteiger partial charge on any atom is 0.283 e. The normalized spacial score (nSPS) is 10.9. The van der Waals surface area contributed by atoms with Crippen molar-refractivity contribution in [1.29, 1.82) is 0 Å². The molecule has 9 heteroatoms. The number of nitrogens with zero attached hydrogens (tertiary/aromatic N) is 4. The molecule has 1 heterocycles. The molecule has 0 amide bonds. The van der Waals surface area contributed by atoms with Crippen LogP contribution < -0.4 is 5.43 Å². The van der Waals surface area contributed by atoms with Gasteiger partial charge in [-0.05, 0) is 22.9 Å². The molecule has 2 aromatic rings. The van der Waals surface area contributed by atoms with Gasteiger partial charge in [-0.25, -0.2) is 5.43 Å². The lowest BCUT2D eigenvalue weighted by atomic mass is 10.2. The van der Waals surface area contributed by atoms with Gasteiger partial charge >= 0.3 is 0 Å². The average Bonchev–Trinajstić information content (AvgIpc) is 2.79. The highest BCUT2D eigenvalue weighted by atomic mass is 35.5. The number of H-pyrrole nitrogens is 1. The molecule has 88 valence electrons. The van der Waals surface area contributed by atoms with Gasteiger partial charge in [0.15, 0.2) is 5.75 Å². The van der Waals surface area contributed by atoms with E-state index in [1.807, 2.05) is 0 Å². The molecule has 0 fully saturated rings. The van der Waals surface area contributed by atoms with Gasteiger partial charge in [0.25, 0.3) is 5.95 Å². The van der Waals surface area contributed by atoms with Crippen LogP contribution in [0.1, 0.15) is 5.56 Å². The first-order chi connectivity index (χ1) is 8.16. The van der Waals surface area contributed by atoms with E-state index in [9.17, 15) is 5.11 Å². The Morgan fingerprint density at radius 1 is 1.35 bits per heavy atom. The fraction of sp³-hybridized carbons (Fsp3) is 0. The van der Waals surface area contributed by atoms with Gasteiger partial charge in [0.05, 0.1) is 16.3 Å². The molecule has 0 saturated carbocycles. The minimum Gasteiger partial charge on any atom is -0.505 e. The number of anilines is 1. The second-order valence-electron chi connectivity index (χ2n) is 2.94. The van der Waals surface area contributed by atoms with Crippen LogP contribution in [0, 0.1) is 0 Å². The molecule has 0 atom stereocenters. The number of hydrazone groups is 1. The highest BCUT2D eigenvalue weighted by molar-refractivity contribution is 6.37. The number of phenols is 1. The van der Waals surface area contributed by atoms with Gasteiger partial charge in [0.1, 0.15) is 0 Å². The predicted octanol–water partition coefficient (Wildman–Crippen LogP) is 1.66. The topological polar surface area (TPSA) is 99.1 Å². The molecule has 1 aromatic carbocycles. The Morgan fingerprint density at radius 2 is 2.06 bits per heavy atom. The summed E-state index contributed by atoms with van der Waals surface area (Å²) < 4.78 is 0. The SMILES string of the molecule is Oc1c(Cl)cc(/C=N\Nc2nn[nH]n2)cc1Cl. The minimum atomic E-state index is -0.156. The molecule has 0 aliphatic heterocycles. The van der Waals surface area contributed by atoms with E-state index in [1.165, 1.54) is 18.3 Å². The number of tetrazole rings is 1. The standard InChI is InChI=1S/C8H6Cl2N6O/c9-5-1-4(2-6(10)7(5)17)3-11-12-8-13-15-16-14-8/h1-3,17H,(H2,12,13,14,15,16)/b11-3-. The van der Waals surface area contributed by atoms with Crippen LogP contribution >= 0.6 is 23.2 Å². The van der Waals surface area contributed by atoms with E-state index in [4.69, 9.17) is 23.2 Å². The molecule has 0 radical (unpaired) electrons. The number of benzene rings is 1. The first kappa shape index (κ1) is 11.6. The first-order valence-corrected chi connectivity index (χ1v) is 5.13. The third-order valence-corrected chi connectivity index (χ3v) is 2.34. The molecule has 0 spiro atoms. The highest BCUT2D eigenvalue weighted by Crippen LogP contribution is 2.32. The fourth-order valence-electron chi connectivity index (χ4n) is 1.03. The Labute approximate surface area is 105 Å². The smallest absolute Gasteiger partial charge is 0.283 e. The molecular formula is C8H6Cl2N6O. The van der Waals surface area contributed by atoms with Crippen LogP contribution in [0.5, 0.6) is 5.75 Å². The molecule has 0 aliphatic rings. The van der Waals surface area contributed by atoms with Gasteiger partial charge in [-0.3, -0.25) is 0 Å². The van der Waals surface area contributed by atoms with Crippen molar-refractivity contribution in [2.24, 2.45) is 5.10 Å². The fourth-order valence-corrected chi connectivity index (χ4v) is 1.54. The van der Waals surface area contributed by atoms with Crippen molar-refractivity contribution in [3.05, 3.63) is 27.7 Å². The average molecular weight is 273 g/mol. The third-order valence-electron chi connectivity index (χ3n) is 1.76. The van der Waals surface area contributed by atoms with Crippen molar-refractivity contribution in [3.63, 3.8) is 0 Å². The number of aromatic hydroxyl groups is 1. The second-order valence-corrected chi connectivity index (χ2v) is 3.75. The lowest BCUT2D eigenvalue weighted by molar-refractivity contribution is 0.476. The number of halogens is 2. The zero-order valence-corrected chi connectivity index (χ0v) is 9.74. The molecule has 0 saturated heterocycles. The molecule has 1 aromatic heterocycles. The van der Waals surface area contributed by atoms with E-state index >= 15 is 0 Å². The van der Waals surface area contributed by atoms with Crippen LogP contribution in [-0.4, -0.2) is 31.9 Å². The molecule has 7 nitrogen and oxygen atoms in total. The van der Waals surface area contributed by atoms with Crippen LogP contribution in [0.4, 0.5) is 5.95 Å². The van der Waals surface area contributed by atoms with Crippen LogP contribution in [0.15, 0.2) is 17.2 Å². The molecule has 17 heavy (non-hydrogen) atoms. The highest BCUT2D eigenvalue weighted by Gasteiger charge is 2.05. The number of nitrogens with one attached hydrogen (secondary N) is 2. The van der Waals surface area contributed by atoms with Crippen molar-refractivity contribution < 1.29 is 5.11 Å². The van der Waals surface area contributed by atoms with Gasteiger partial charge in [0, 0.05) is 0 Å². The number of hydrogen-bond acceptors (Lipinski definition) is 6. The van der Waals surface area contributed by atoms with Gasteiger partial charge in [-0.15, -0.1) is 5.10 Å². The minimum absolute atomic E-state index is 0.151. The lowest BCUT2D eigenvalue weighted by Crippen LogP contribution is -1.92.